The van der Waals surface area contributed by atoms with Gasteiger partial charge in [-0.15, -0.1) is 0 Å². The number of carbonyl (C=O) groups is 2. The third kappa shape index (κ3) is 3.71. The van der Waals surface area contributed by atoms with Crippen LogP contribution in [0, 0.1) is 6.92 Å². The van der Waals surface area contributed by atoms with Crippen molar-refractivity contribution in [1.82, 2.24) is 5.32 Å². The van der Waals surface area contributed by atoms with Gasteiger partial charge in [0.05, 0.1) is 13.7 Å². The van der Waals surface area contributed by atoms with Gasteiger partial charge in [-0.2, -0.15) is 0 Å². The van der Waals surface area contributed by atoms with E-state index in [-0.39, 0.29) is 6.61 Å². The number of esters is 1. The number of hydrogen-bond acceptors (Lipinski definition) is 5. The first kappa shape index (κ1) is 16.0. The van der Waals surface area contributed by atoms with Gasteiger partial charge in [0.15, 0.2) is 6.04 Å². The maximum absolute atomic E-state index is 11.7. The lowest BCUT2D eigenvalue weighted by Gasteiger charge is -2.21. The molecular weight excluding hydrogens is 262 g/mol. The molecule has 6 heteroatoms. The third-order valence-electron chi connectivity index (χ3n) is 2.86. The van der Waals surface area contributed by atoms with Gasteiger partial charge in [0.1, 0.15) is 11.9 Å². The molecule has 0 saturated carbocycles. The fraction of sp³-hybridized carbons (Fsp3) is 0.429. The third-order valence-corrected chi connectivity index (χ3v) is 2.86. The molecule has 1 rings (SSSR count). The van der Waals surface area contributed by atoms with Crippen LogP contribution in [0.5, 0.6) is 5.75 Å². The van der Waals surface area contributed by atoms with Crippen molar-refractivity contribution in [1.29, 1.82) is 0 Å². The lowest BCUT2D eigenvalue weighted by Crippen LogP contribution is -2.42. The lowest BCUT2D eigenvalue weighted by molar-refractivity contribution is -0.149. The Balaban J connectivity index is 2.99. The van der Waals surface area contributed by atoms with Gasteiger partial charge in [0.2, 0.25) is 6.41 Å². The smallest absolute Gasteiger partial charge is 0.331 e. The van der Waals surface area contributed by atoms with E-state index in [1.807, 2.05) is 6.92 Å². The molecule has 0 aliphatic heterocycles. The zero-order chi connectivity index (χ0) is 15.1. The Kier molecular flexibility index (Phi) is 5.99. The Morgan fingerprint density at radius 3 is 2.70 bits per heavy atom. The van der Waals surface area contributed by atoms with Crippen LogP contribution in [0.25, 0.3) is 0 Å². The molecule has 2 unspecified atom stereocenters. The minimum Gasteiger partial charge on any atom is -0.496 e. The summed E-state index contributed by atoms with van der Waals surface area (Å²) in [6.07, 6.45) is -0.829. The summed E-state index contributed by atoms with van der Waals surface area (Å²) in [5.74, 6) is -0.00227. The zero-order valence-electron chi connectivity index (χ0n) is 11.8. The van der Waals surface area contributed by atoms with Crippen molar-refractivity contribution in [3.8, 4) is 5.75 Å². The molecule has 2 atom stereocenters. The average molecular weight is 281 g/mol. The van der Waals surface area contributed by atoms with Gasteiger partial charge in [0.25, 0.3) is 0 Å². The van der Waals surface area contributed by atoms with Gasteiger partial charge >= 0.3 is 5.97 Å². The predicted molar refractivity (Wildman–Crippen MR) is 72.3 cm³/mol. The first-order valence-corrected chi connectivity index (χ1v) is 6.24. The molecule has 20 heavy (non-hydrogen) atoms. The second-order valence-electron chi connectivity index (χ2n) is 4.19. The largest absolute Gasteiger partial charge is 0.496 e. The van der Waals surface area contributed by atoms with E-state index in [9.17, 15) is 14.7 Å². The number of amides is 1. The molecule has 0 aromatic heterocycles. The quantitative estimate of drug-likeness (QED) is 0.568. The van der Waals surface area contributed by atoms with Crippen molar-refractivity contribution in [3.05, 3.63) is 29.3 Å². The number of methoxy groups -OCH3 is 1. The zero-order valence-corrected chi connectivity index (χ0v) is 11.8. The maximum atomic E-state index is 11.7. The summed E-state index contributed by atoms with van der Waals surface area (Å²) in [4.78, 5) is 22.3. The maximum Gasteiger partial charge on any atom is 0.331 e. The molecule has 1 amide bonds. The molecule has 6 nitrogen and oxygen atoms in total. The predicted octanol–water partition coefficient (Wildman–Crippen LogP) is 0.715. The highest BCUT2D eigenvalue weighted by Crippen LogP contribution is 2.24. The van der Waals surface area contributed by atoms with Crippen molar-refractivity contribution >= 4 is 12.4 Å². The summed E-state index contributed by atoms with van der Waals surface area (Å²) >= 11 is 0. The molecule has 110 valence electrons. The SMILES string of the molecule is CCOC(=O)C(NC=O)C(O)c1ccc(OC)c(C)c1. The molecular formula is C14H19NO5. The van der Waals surface area contributed by atoms with Gasteiger partial charge in [-0.3, -0.25) is 4.79 Å². The molecule has 0 fully saturated rings. The summed E-state index contributed by atoms with van der Waals surface area (Å²) in [6, 6.07) is 3.88. The number of benzene rings is 1. The molecule has 0 aliphatic carbocycles. The van der Waals surface area contributed by atoms with E-state index in [2.05, 4.69) is 5.32 Å². The Morgan fingerprint density at radius 2 is 2.20 bits per heavy atom. The first-order chi connectivity index (χ1) is 9.54. The summed E-state index contributed by atoms with van der Waals surface area (Å²) in [7, 11) is 1.55. The van der Waals surface area contributed by atoms with Crippen molar-refractivity contribution in [3.63, 3.8) is 0 Å². The van der Waals surface area contributed by atoms with E-state index in [0.717, 1.165) is 5.56 Å². The highest BCUT2D eigenvalue weighted by Gasteiger charge is 2.29. The summed E-state index contributed by atoms with van der Waals surface area (Å²) in [5.41, 5.74) is 1.31. The van der Waals surface area contributed by atoms with Crippen LogP contribution in [-0.4, -0.2) is 37.2 Å². The van der Waals surface area contributed by atoms with E-state index in [1.165, 1.54) is 0 Å². The van der Waals surface area contributed by atoms with Crippen molar-refractivity contribution in [2.75, 3.05) is 13.7 Å². The minimum atomic E-state index is -1.19. The van der Waals surface area contributed by atoms with Gasteiger partial charge in [-0.25, -0.2) is 4.79 Å². The number of aryl methyl sites for hydroxylation is 1. The Morgan fingerprint density at radius 1 is 1.50 bits per heavy atom. The number of aliphatic hydroxyl groups excluding tert-OH is 1. The molecule has 2 N–H and O–H groups in total. The van der Waals surface area contributed by atoms with E-state index in [4.69, 9.17) is 9.47 Å². The number of rotatable bonds is 7. The van der Waals surface area contributed by atoms with E-state index in [0.29, 0.717) is 17.7 Å². The number of aliphatic hydroxyl groups is 1. The highest BCUT2D eigenvalue weighted by molar-refractivity contribution is 5.79. The second kappa shape index (κ2) is 7.49. The van der Waals surface area contributed by atoms with E-state index in [1.54, 1.807) is 32.2 Å². The molecule has 0 radical (unpaired) electrons. The first-order valence-electron chi connectivity index (χ1n) is 6.24. The lowest BCUT2D eigenvalue weighted by atomic mass is 10.00. The van der Waals surface area contributed by atoms with Crippen LogP contribution in [0.15, 0.2) is 18.2 Å². The van der Waals surface area contributed by atoms with Gasteiger partial charge < -0.3 is 19.9 Å². The number of ether oxygens (including phenoxy) is 2. The normalized spacial score (nSPS) is 13.2. The standard InChI is InChI=1S/C14H19NO5/c1-4-20-14(18)12(15-8-16)13(17)10-5-6-11(19-3)9(2)7-10/h5-8,12-13,17H,4H2,1-3H3,(H,15,16). The topological polar surface area (TPSA) is 84.9 Å². The van der Waals surface area contributed by atoms with Crippen LogP contribution >= 0.6 is 0 Å². The van der Waals surface area contributed by atoms with Crippen molar-refractivity contribution < 1.29 is 24.2 Å². The number of hydrogen-bond donors (Lipinski definition) is 2. The van der Waals surface area contributed by atoms with Crippen LogP contribution in [0.3, 0.4) is 0 Å². The minimum absolute atomic E-state index is 0.171. The van der Waals surface area contributed by atoms with Gasteiger partial charge in [-0.05, 0) is 37.1 Å². The van der Waals surface area contributed by atoms with Crippen LogP contribution < -0.4 is 10.1 Å². The molecule has 1 aromatic rings. The van der Waals surface area contributed by atoms with Gasteiger partial charge in [-0.1, -0.05) is 6.07 Å². The summed E-state index contributed by atoms with van der Waals surface area (Å²) < 4.78 is 9.96. The Bertz CT molecular complexity index is 475. The molecule has 0 heterocycles. The van der Waals surface area contributed by atoms with Crippen LogP contribution in [0.4, 0.5) is 0 Å². The molecule has 0 saturated heterocycles. The van der Waals surface area contributed by atoms with E-state index >= 15 is 0 Å². The average Bonchev–Trinajstić information content (AvgIpc) is 2.44. The van der Waals surface area contributed by atoms with Gasteiger partial charge in [0, 0.05) is 0 Å². The van der Waals surface area contributed by atoms with Crippen LogP contribution in [-0.2, 0) is 14.3 Å². The molecule has 1 aromatic carbocycles. The fourth-order valence-corrected chi connectivity index (χ4v) is 1.87. The monoisotopic (exact) mass is 281 g/mol. The van der Waals surface area contributed by atoms with Crippen molar-refractivity contribution in [2.45, 2.75) is 26.0 Å². The highest BCUT2D eigenvalue weighted by atomic mass is 16.5. The van der Waals surface area contributed by atoms with Crippen LogP contribution in [0.1, 0.15) is 24.2 Å². The summed E-state index contributed by atoms with van der Waals surface area (Å²) in [6.45, 7) is 3.64. The molecule has 0 aliphatic rings. The van der Waals surface area contributed by atoms with E-state index < -0.39 is 18.1 Å². The van der Waals surface area contributed by atoms with Crippen LogP contribution in [0.2, 0.25) is 0 Å². The number of carbonyl (C=O) groups excluding carboxylic acids is 2. The second-order valence-corrected chi connectivity index (χ2v) is 4.19. The number of nitrogens with one attached hydrogen (secondary N) is 1. The Labute approximate surface area is 117 Å². The Hall–Kier alpha value is -2.08. The fourth-order valence-electron chi connectivity index (χ4n) is 1.87. The van der Waals surface area contributed by atoms with Crippen molar-refractivity contribution in [2.24, 2.45) is 0 Å². The molecule has 0 bridgehead atoms. The summed E-state index contributed by atoms with van der Waals surface area (Å²) in [5, 5.41) is 12.5. The molecule has 0 spiro atoms.